The second-order valence-electron chi connectivity index (χ2n) is 9.32. The van der Waals surface area contributed by atoms with Gasteiger partial charge in [-0.05, 0) is 0 Å². The van der Waals surface area contributed by atoms with E-state index in [0.717, 1.165) is 17.2 Å². The number of aromatic nitrogens is 4. The molecule has 21 nitrogen and oxygen atoms in total. The van der Waals surface area contributed by atoms with Crippen LogP contribution < -0.4 is 31.8 Å². The minimum atomic E-state index is -5.01. The van der Waals surface area contributed by atoms with Gasteiger partial charge < -0.3 is 40.5 Å². The van der Waals surface area contributed by atoms with Crippen LogP contribution in [0.2, 0.25) is 0 Å². The number of halogens is 1. The average Bonchev–Trinajstić information content (AvgIpc) is 3.73. The van der Waals surface area contributed by atoms with Crippen molar-refractivity contribution in [3.05, 3.63) is 69.8 Å². The van der Waals surface area contributed by atoms with Crippen molar-refractivity contribution in [2.45, 2.75) is 18.9 Å². The monoisotopic (exact) mass is 661 g/mol. The highest BCUT2D eigenvalue weighted by atomic mass is 31.2. The third-order valence-electron chi connectivity index (χ3n) is 6.61. The number of fused-ring (bicyclic) bond motifs is 5. The number of ether oxygens (including phenoxy) is 1. The van der Waals surface area contributed by atoms with Gasteiger partial charge in [0.1, 0.15) is 18.3 Å². The molecule has 0 amide bonds. The zero-order chi connectivity index (χ0) is 31.0. The number of nitrogens with one attached hydrogen (secondary N) is 4. The van der Waals surface area contributed by atoms with Gasteiger partial charge in [0.05, 0.1) is 25.4 Å². The van der Waals surface area contributed by atoms with Crippen LogP contribution in [0.4, 0.5) is 4.39 Å². The Balaban J connectivity index is 1.27. The van der Waals surface area contributed by atoms with Gasteiger partial charge in [-0.3, -0.25) is 19.2 Å². The number of H-pyrrole nitrogens is 1. The van der Waals surface area contributed by atoms with Crippen molar-refractivity contribution < 1.29 is 56.3 Å². The van der Waals surface area contributed by atoms with E-state index in [-0.39, 0.29) is 30.4 Å². The summed E-state index contributed by atoms with van der Waals surface area (Å²) in [5, 5.41) is 19.9. The molecule has 0 saturated carbocycles. The molecule has 1 fully saturated rings. The molecule has 7 rings (SSSR count). The normalized spacial score (nSPS) is 25.5. The summed E-state index contributed by atoms with van der Waals surface area (Å²) in [6, 6.07) is 0. The molecule has 4 aliphatic rings. The molecular formula is C20H22FN9O12P2+2. The summed E-state index contributed by atoms with van der Waals surface area (Å²) in [5.74, 6) is -4.60. The van der Waals surface area contributed by atoms with Gasteiger partial charge in [-0.1, -0.05) is 0 Å². The van der Waals surface area contributed by atoms with Crippen LogP contribution in [0.5, 0.6) is 5.75 Å². The van der Waals surface area contributed by atoms with Gasteiger partial charge in [0.15, 0.2) is 41.7 Å². The zero-order valence-electron chi connectivity index (χ0n) is 21.7. The van der Waals surface area contributed by atoms with Crippen molar-refractivity contribution in [2.24, 2.45) is 5.73 Å². The molecule has 2 atom stereocenters. The van der Waals surface area contributed by atoms with Crippen molar-refractivity contribution in [3.8, 4) is 11.6 Å². The predicted molar refractivity (Wildman–Crippen MR) is 140 cm³/mol. The van der Waals surface area contributed by atoms with Crippen molar-refractivity contribution in [1.82, 2.24) is 40.4 Å². The third kappa shape index (κ3) is 4.74. The van der Waals surface area contributed by atoms with Gasteiger partial charge in [-0.2, -0.15) is 24.0 Å². The van der Waals surface area contributed by atoms with Crippen molar-refractivity contribution in [1.29, 1.82) is 0 Å². The lowest BCUT2D eigenvalue weighted by Gasteiger charge is -2.30. The van der Waals surface area contributed by atoms with E-state index in [0.29, 0.717) is 17.8 Å². The summed E-state index contributed by atoms with van der Waals surface area (Å²) in [4.78, 5) is 66.2. The van der Waals surface area contributed by atoms with Crippen LogP contribution in [0.15, 0.2) is 57.0 Å². The van der Waals surface area contributed by atoms with E-state index >= 15 is 4.39 Å². The summed E-state index contributed by atoms with van der Waals surface area (Å²) >= 11 is 0. The van der Waals surface area contributed by atoms with E-state index in [1.54, 1.807) is 0 Å². The number of aromatic amines is 1. The summed E-state index contributed by atoms with van der Waals surface area (Å²) in [6.45, 7) is -0.692. The van der Waals surface area contributed by atoms with Gasteiger partial charge >= 0.3 is 16.3 Å². The van der Waals surface area contributed by atoms with E-state index in [4.69, 9.17) is 33.0 Å². The first-order valence-electron chi connectivity index (χ1n) is 12.3. The third-order valence-corrected chi connectivity index (χ3v) is 8.31. The number of nitrogens with zero attached hydrogens (tertiary/aromatic N) is 4. The van der Waals surface area contributed by atoms with Gasteiger partial charge in [0.2, 0.25) is 17.6 Å². The van der Waals surface area contributed by atoms with E-state index in [1.807, 2.05) is 0 Å². The minimum Gasteiger partial charge on any atom is -0.435 e. The maximum Gasteiger partial charge on any atom is 0.663 e. The quantitative estimate of drug-likeness (QED) is 0.133. The second kappa shape index (κ2) is 10.2. The van der Waals surface area contributed by atoms with Gasteiger partial charge in [0.25, 0.3) is 17.1 Å². The van der Waals surface area contributed by atoms with Crippen LogP contribution in [0.25, 0.3) is 17.0 Å². The van der Waals surface area contributed by atoms with Gasteiger partial charge in [-0.15, -0.1) is 4.52 Å². The smallest absolute Gasteiger partial charge is 0.435 e. The molecule has 0 aliphatic carbocycles. The van der Waals surface area contributed by atoms with Gasteiger partial charge in [-0.25, -0.2) is 19.1 Å². The number of imidazole rings is 1. The molecule has 11 N–H and O–H groups in total. The molecule has 24 heteroatoms. The Kier molecular flexibility index (Phi) is 6.59. The number of furan rings is 1. The standard InChI is InChI=1S/C20H21FN9O12P2/c21-9-13-8(40-19(9)29-6-28-11-17(29)25-4-26-18(11)32)2-38-44(35,36)42-14-12(31)7(1-37-43(33,34)41-13)39-20(14)30-5-27-10-15(22)23-3-24-16(10)30/h1,4,6,12,16,23-24,27,31,33-36H,2-3,5,22H2/q+1/p+1/b7-1+/t12-,16?/m1/s1. The zero-order valence-corrected chi connectivity index (χ0v) is 23.5. The number of rotatable bonds is 2. The Labute approximate surface area is 243 Å². The number of hydrogen-bond donors (Lipinski definition) is 10. The van der Waals surface area contributed by atoms with Crippen LogP contribution >= 0.6 is 16.3 Å². The van der Waals surface area contributed by atoms with Crippen molar-refractivity contribution in [2.75, 3.05) is 13.3 Å². The van der Waals surface area contributed by atoms with Crippen molar-refractivity contribution in [3.63, 3.8) is 0 Å². The Bertz CT molecular complexity index is 1820. The SMILES string of the molecule is NC1=C2NCN(C3=C4O[P+](O)(O)OCc5oc(-n6cnc7c(=O)[nH]cnc76)c(F)c5O[P+](O)(O)O/C=C(/O3)[C@H]4O)C2NCN1. The van der Waals surface area contributed by atoms with Gasteiger partial charge in [0, 0.05) is 0 Å². The molecule has 3 aromatic heterocycles. The fourth-order valence-electron chi connectivity index (χ4n) is 4.66. The van der Waals surface area contributed by atoms with E-state index in [9.17, 15) is 29.5 Å². The summed E-state index contributed by atoms with van der Waals surface area (Å²) in [5.41, 5.74) is 5.57. The lowest BCUT2D eigenvalue weighted by Crippen LogP contribution is -2.51. The summed E-state index contributed by atoms with van der Waals surface area (Å²) < 4.78 is 48.2. The maximum absolute atomic E-state index is 15.7. The Hall–Kier alpha value is -4.24. The highest BCUT2D eigenvalue weighted by Gasteiger charge is 2.54. The van der Waals surface area contributed by atoms with Crippen LogP contribution in [-0.2, 0) is 24.9 Å². The lowest BCUT2D eigenvalue weighted by atomic mass is 10.2. The summed E-state index contributed by atoms with van der Waals surface area (Å²) in [7, 11) is -9.94. The molecule has 1 saturated heterocycles. The van der Waals surface area contributed by atoms with Crippen LogP contribution in [0, 0.1) is 5.82 Å². The van der Waals surface area contributed by atoms with Crippen molar-refractivity contribution >= 4 is 27.5 Å². The molecule has 0 aromatic carbocycles. The molecule has 3 aromatic rings. The molecule has 234 valence electrons. The van der Waals surface area contributed by atoms with E-state index < -0.39 is 75.5 Å². The highest BCUT2D eigenvalue weighted by molar-refractivity contribution is 7.55. The Morgan fingerprint density at radius 1 is 1.14 bits per heavy atom. The highest BCUT2D eigenvalue weighted by Crippen LogP contribution is 2.60. The lowest BCUT2D eigenvalue weighted by molar-refractivity contribution is 0.100. The molecule has 4 aliphatic heterocycles. The second-order valence-corrected chi connectivity index (χ2v) is 12.1. The number of hydrogen-bond acceptors (Lipinski definition) is 19. The van der Waals surface area contributed by atoms with E-state index in [2.05, 4.69) is 30.9 Å². The van der Waals surface area contributed by atoms with E-state index in [1.165, 1.54) is 4.90 Å². The molecule has 0 spiro atoms. The minimum absolute atomic E-state index is 0.0447. The van der Waals surface area contributed by atoms with Crippen LogP contribution in [0.3, 0.4) is 0 Å². The van der Waals surface area contributed by atoms with Crippen LogP contribution in [-0.4, -0.2) is 74.7 Å². The molecule has 2 bridgehead atoms. The molecule has 44 heavy (non-hydrogen) atoms. The largest absolute Gasteiger partial charge is 0.663 e. The Morgan fingerprint density at radius 3 is 2.77 bits per heavy atom. The molecule has 1 unspecified atom stereocenters. The number of aliphatic hydroxyl groups excluding tert-OH is 1. The predicted octanol–water partition coefficient (Wildman–Crippen LogP) is -2.02. The number of aliphatic hydroxyl groups is 1. The first kappa shape index (κ1) is 28.5. The molecular weight excluding hydrogens is 639 g/mol. The summed E-state index contributed by atoms with van der Waals surface area (Å²) in [6.07, 6.45) is 0.111. The molecule has 0 radical (unpaired) electrons. The topological polar surface area (TPSA) is 289 Å². The Morgan fingerprint density at radius 2 is 1.95 bits per heavy atom. The average molecular weight is 661 g/mol. The maximum atomic E-state index is 15.7. The van der Waals surface area contributed by atoms with Crippen LogP contribution in [0.1, 0.15) is 5.76 Å². The molecule has 7 heterocycles. The first-order valence-corrected chi connectivity index (χ1v) is 15.4. The fraction of sp³-hybridized carbons (Fsp3) is 0.250. The number of nitrogens with two attached hydrogens (primary N) is 1. The fourth-order valence-corrected chi connectivity index (χ4v) is 6.14. The first-order chi connectivity index (χ1) is 20.9.